The molecule has 0 rings (SSSR count). The number of rotatable bonds is 5. The molecule has 0 spiro atoms. The summed E-state index contributed by atoms with van der Waals surface area (Å²) in [6.45, 7) is 0. The minimum Gasteiger partial charge on any atom is -0.479 e. The van der Waals surface area contributed by atoms with Gasteiger partial charge in [-0.1, -0.05) is 0 Å². The van der Waals surface area contributed by atoms with E-state index in [1.54, 1.807) is 0 Å². The van der Waals surface area contributed by atoms with Gasteiger partial charge in [0.1, 0.15) is 12.2 Å². The van der Waals surface area contributed by atoms with Crippen LogP contribution in [0.5, 0.6) is 0 Å². The van der Waals surface area contributed by atoms with Crippen LogP contribution in [0.1, 0.15) is 0 Å². The van der Waals surface area contributed by atoms with E-state index in [0.29, 0.717) is 0 Å². The van der Waals surface area contributed by atoms with Crippen LogP contribution in [0.25, 0.3) is 0 Å². The van der Waals surface area contributed by atoms with E-state index in [2.05, 4.69) is 0 Å². The van der Waals surface area contributed by atoms with Gasteiger partial charge in [-0.05, 0) is 0 Å². The monoisotopic (exact) mass is 328 g/mol. The van der Waals surface area contributed by atoms with Crippen LogP contribution in [0.15, 0.2) is 0 Å². The van der Waals surface area contributed by atoms with E-state index in [4.69, 9.17) is 45.6 Å². The van der Waals surface area contributed by atoms with Crippen LogP contribution in [-0.4, -0.2) is 83.4 Å². The standard InChI is InChI=1S/C6H10O8.CH2O3.Fe/c7-1(3(9)5(11)12)2(8)4(10)6(13)14;2-1(3)4;/h1-4,7-10H,(H,11,12)(H,13,14);(H2,2,3,4);/t1-,2-,3-,4+;;/m0../s1. The Morgan fingerprint density at radius 2 is 0.789 bits per heavy atom. The fourth-order valence-corrected chi connectivity index (χ4v) is 0.666. The van der Waals surface area contributed by atoms with Crippen LogP contribution < -0.4 is 0 Å². The molecule has 4 atom stereocenters. The first-order chi connectivity index (χ1) is 8.02. The van der Waals surface area contributed by atoms with E-state index in [0.717, 1.165) is 0 Å². The van der Waals surface area contributed by atoms with Crippen LogP contribution in [0.3, 0.4) is 0 Å². The smallest absolute Gasteiger partial charge is 0.479 e. The van der Waals surface area contributed by atoms with Gasteiger partial charge in [-0.3, -0.25) is 0 Å². The SMILES string of the molecule is O=C(O)O.O=C(O)[C@@H](O)[C@@H](O)[C@H](O)[C@@H](O)C(=O)O.[Fe]. The van der Waals surface area contributed by atoms with Crippen molar-refractivity contribution in [1.29, 1.82) is 0 Å². The molecule has 0 aromatic heterocycles. The van der Waals surface area contributed by atoms with Gasteiger partial charge in [-0.2, -0.15) is 0 Å². The molecular formula is C7H12FeO11. The number of hydrogen-bond donors (Lipinski definition) is 8. The number of aliphatic hydroxyl groups excluding tert-OH is 4. The molecule has 12 heteroatoms. The summed E-state index contributed by atoms with van der Waals surface area (Å²) in [6.07, 6.45) is -11.1. The average molecular weight is 328 g/mol. The molecule has 11 nitrogen and oxygen atoms in total. The van der Waals surface area contributed by atoms with Gasteiger partial charge in [0.05, 0.1) is 0 Å². The van der Waals surface area contributed by atoms with Gasteiger partial charge >= 0.3 is 18.1 Å². The predicted octanol–water partition coefficient (Wildman–Crippen LogP) is -3.18. The molecular weight excluding hydrogens is 316 g/mol. The Balaban J connectivity index is -0.000000448. The second kappa shape index (κ2) is 10.5. The summed E-state index contributed by atoms with van der Waals surface area (Å²) in [5, 5.41) is 65.4. The fourth-order valence-electron chi connectivity index (χ4n) is 0.666. The van der Waals surface area contributed by atoms with E-state index in [9.17, 15) is 9.59 Å². The number of carboxylic acids is 2. The molecule has 19 heavy (non-hydrogen) atoms. The second-order valence-corrected chi connectivity index (χ2v) is 2.83. The van der Waals surface area contributed by atoms with Gasteiger partial charge in [0.15, 0.2) is 12.2 Å². The van der Waals surface area contributed by atoms with Crippen LogP contribution >= 0.6 is 0 Å². The number of carbonyl (C=O) groups is 3. The molecule has 0 aromatic rings. The number of carboxylic acid groups (broad SMARTS) is 4. The maximum atomic E-state index is 10.1. The van der Waals surface area contributed by atoms with Crippen molar-refractivity contribution in [3.05, 3.63) is 0 Å². The van der Waals surface area contributed by atoms with Crippen molar-refractivity contribution in [2.45, 2.75) is 24.4 Å². The Hall–Kier alpha value is -1.43. The van der Waals surface area contributed by atoms with Gasteiger partial charge in [-0.15, -0.1) is 0 Å². The van der Waals surface area contributed by atoms with Crippen molar-refractivity contribution in [2.75, 3.05) is 0 Å². The summed E-state index contributed by atoms with van der Waals surface area (Å²) < 4.78 is 0. The van der Waals surface area contributed by atoms with E-state index in [1.807, 2.05) is 0 Å². The normalized spacial score (nSPS) is 15.6. The van der Waals surface area contributed by atoms with Crippen molar-refractivity contribution < 1.29 is 72.3 Å². The van der Waals surface area contributed by atoms with Gasteiger partial charge in [0.25, 0.3) is 0 Å². The molecule has 0 fully saturated rings. The molecule has 0 heterocycles. The Bertz CT molecular complexity index is 277. The summed E-state index contributed by atoms with van der Waals surface area (Å²) in [5.41, 5.74) is 0. The Morgan fingerprint density at radius 3 is 0.895 bits per heavy atom. The largest absolute Gasteiger partial charge is 0.503 e. The molecule has 114 valence electrons. The maximum Gasteiger partial charge on any atom is 0.503 e. The molecule has 0 bridgehead atoms. The predicted molar refractivity (Wildman–Crippen MR) is 50.0 cm³/mol. The minimum absolute atomic E-state index is 0. The third-order valence-corrected chi connectivity index (χ3v) is 1.50. The quantitative estimate of drug-likeness (QED) is 0.235. The first kappa shape index (κ1) is 22.7. The van der Waals surface area contributed by atoms with E-state index in [-0.39, 0.29) is 17.1 Å². The molecule has 0 radical (unpaired) electrons. The van der Waals surface area contributed by atoms with Crippen LogP contribution in [0.2, 0.25) is 0 Å². The fraction of sp³-hybridized carbons (Fsp3) is 0.571. The van der Waals surface area contributed by atoms with Gasteiger partial charge < -0.3 is 40.9 Å². The third-order valence-electron chi connectivity index (χ3n) is 1.50. The zero-order valence-electron chi connectivity index (χ0n) is 8.97. The number of aliphatic carboxylic acids is 2. The molecule has 0 aliphatic carbocycles. The van der Waals surface area contributed by atoms with Crippen molar-refractivity contribution in [2.24, 2.45) is 0 Å². The Labute approximate surface area is 115 Å². The van der Waals surface area contributed by atoms with E-state index in [1.165, 1.54) is 0 Å². The number of aliphatic hydroxyl groups is 4. The van der Waals surface area contributed by atoms with Gasteiger partial charge in [0.2, 0.25) is 0 Å². The van der Waals surface area contributed by atoms with E-state index < -0.39 is 42.5 Å². The Kier molecular flexibility index (Phi) is 12.5. The topological polar surface area (TPSA) is 213 Å². The molecule has 0 aromatic carbocycles. The van der Waals surface area contributed by atoms with Gasteiger partial charge in [-0.25, -0.2) is 14.4 Å². The average Bonchev–Trinajstić information content (AvgIpc) is 2.23. The van der Waals surface area contributed by atoms with Gasteiger partial charge in [0, 0.05) is 17.1 Å². The third kappa shape index (κ3) is 10.2. The first-order valence-electron chi connectivity index (χ1n) is 4.12. The van der Waals surface area contributed by atoms with Crippen LogP contribution in [-0.2, 0) is 26.7 Å². The summed E-state index contributed by atoms with van der Waals surface area (Å²) in [4.78, 5) is 28.7. The van der Waals surface area contributed by atoms with Crippen molar-refractivity contribution >= 4 is 18.1 Å². The summed E-state index contributed by atoms with van der Waals surface area (Å²) in [5.74, 6) is -3.68. The minimum atomic E-state index is -2.36. The molecule has 0 unspecified atom stereocenters. The van der Waals surface area contributed by atoms with E-state index >= 15 is 0 Å². The van der Waals surface area contributed by atoms with Crippen LogP contribution in [0, 0.1) is 0 Å². The van der Waals surface area contributed by atoms with Crippen molar-refractivity contribution in [1.82, 2.24) is 0 Å². The molecule has 0 aliphatic rings. The van der Waals surface area contributed by atoms with Crippen molar-refractivity contribution in [3.63, 3.8) is 0 Å². The summed E-state index contributed by atoms with van der Waals surface area (Å²) in [7, 11) is 0. The van der Waals surface area contributed by atoms with Crippen molar-refractivity contribution in [3.8, 4) is 0 Å². The molecule has 8 N–H and O–H groups in total. The molecule has 0 amide bonds. The number of hydrogen-bond acceptors (Lipinski definition) is 7. The molecule has 0 saturated carbocycles. The second-order valence-electron chi connectivity index (χ2n) is 2.83. The maximum absolute atomic E-state index is 10.1. The zero-order valence-corrected chi connectivity index (χ0v) is 10.1. The Morgan fingerprint density at radius 1 is 0.632 bits per heavy atom. The summed E-state index contributed by atoms with van der Waals surface area (Å²) >= 11 is 0. The van der Waals surface area contributed by atoms with Crippen LogP contribution in [0.4, 0.5) is 4.79 Å². The summed E-state index contributed by atoms with van der Waals surface area (Å²) in [6, 6.07) is 0. The molecule has 0 aliphatic heterocycles. The molecule has 0 saturated heterocycles. The first-order valence-corrected chi connectivity index (χ1v) is 4.12. The zero-order chi connectivity index (χ0) is 15.0.